The molecule has 5 fully saturated rings. The van der Waals surface area contributed by atoms with Crippen molar-refractivity contribution in [1.82, 2.24) is 25.0 Å². The molecule has 8 nitrogen and oxygen atoms in total. The van der Waals surface area contributed by atoms with Crippen LogP contribution in [0.4, 0.5) is 18.0 Å². The van der Waals surface area contributed by atoms with Crippen molar-refractivity contribution in [2.45, 2.75) is 67.9 Å². The second kappa shape index (κ2) is 8.20. The fraction of sp³-hybridized carbons (Fsp3) is 0.667. The van der Waals surface area contributed by atoms with Crippen molar-refractivity contribution in [2.75, 3.05) is 32.4 Å². The molecule has 1 N–H and O–H groups in total. The molecular formula is C27H32F3N5O3S. The topological polar surface area (TPSA) is 99.3 Å². The van der Waals surface area contributed by atoms with Gasteiger partial charge in [0.05, 0.1) is 10.5 Å². The Morgan fingerprint density at radius 2 is 1.62 bits per heavy atom. The number of aromatic amines is 1. The Hall–Kier alpha value is -2.63. The van der Waals surface area contributed by atoms with Crippen LogP contribution in [0.15, 0.2) is 23.1 Å². The van der Waals surface area contributed by atoms with Gasteiger partial charge in [0, 0.05) is 55.1 Å². The number of sulfone groups is 1. The van der Waals surface area contributed by atoms with Crippen molar-refractivity contribution in [3.63, 3.8) is 0 Å². The fourth-order valence-corrected chi connectivity index (χ4v) is 8.20. The Morgan fingerprint density at radius 1 is 1.00 bits per heavy atom. The highest BCUT2D eigenvalue weighted by Gasteiger charge is 2.58. The highest BCUT2D eigenvalue weighted by Crippen LogP contribution is 2.57. The molecule has 0 bridgehead atoms. The van der Waals surface area contributed by atoms with E-state index in [1.807, 2.05) is 9.80 Å². The number of nitrogens with zero attached hydrogens (tertiary/aromatic N) is 4. The van der Waals surface area contributed by atoms with E-state index in [0.29, 0.717) is 43.0 Å². The SMILES string of the molecule is CS(=O)(=O)c1cc(CC2CC3(C2)CN(C(=O)N2CC4(CC(c5n[nH]c(C6CC6)n5)C4)C2)C3)cc(C(F)(F)F)c1. The molecule has 2 aliphatic heterocycles. The maximum absolute atomic E-state index is 13.3. The summed E-state index contributed by atoms with van der Waals surface area (Å²) in [5, 5.41) is 7.51. The number of urea groups is 1. The Bertz CT molecular complexity index is 1420. The smallest absolute Gasteiger partial charge is 0.323 e. The van der Waals surface area contributed by atoms with Crippen LogP contribution in [0, 0.1) is 16.7 Å². The van der Waals surface area contributed by atoms with Crippen LogP contribution in [0.2, 0.25) is 0 Å². The first-order valence-corrected chi connectivity index (χ1v) is 15.6. The second-order valence-corrected chi connectivity index (χ2v) is 15.1. The molecule has 0 unspecified atom stereocenters. The number of carbonyl (C=O) groups excluding carboxylic acids is 1. The van der Waals surface area contributed by atoms with Gasteiger partial charge in [0.2, 0.25) is 0 Å². The van der Waals surface area contributed by atoms with Crippen LogP contribution in [0.25, 0.3) is 0 Å². The number of alkyl halides is 3. The molecule has 0 radical (unpaired) electrons. The number of H-pyrrole nitrogens is 1. The first kappa shape index (κ1) is 25.3. The third-order valence-corrected chi connectivity index (χ3v) is 10.6. The summed E-state index contributed by atoms with van der Waals surface area (Å²) < 4.78 is 63.9. The number of hydrogen-bond donors (Lipinski definition) is 1. The first-order chi connectivity index (χ1) is 18.3. The zero-order valence-electron chi connectivity index (χ0n) is 21.8. The van der Waals surface area contributed by atoms with Crippen LogP contribution in [0.5, 0.6) is 0 Å². The van der Waals surface area contributed by atoms with Gasteiger partial charge in [-0.15, -0.1) is 0 Å². The molecule has 5 aliphatic rings. The van der Waals surface area contributed by atoms with E-state index in [-0.39, 0.29) is 27.7 Å². The first-order valence-electron chi connectivity index (χ1n) is 13.7. The maximum Gasteiger partial charge on any atom is 0.416 e. The van der Waals surface area contributed by atoms with Gasteiger partial charge < -0.3 is 9.80 Å². The number of hydrogen-bond acceptors (Lipinski definition) is 5. The molecule has 0 atom stereocenters. The number of benzene rings is 1. The standard InChI is InChI=1S/C27H32F3N5O3S/c1-39(37,38)21-6-16(5-20(7-21)27(28,29)30)4-17-8-25(9-17)12-34(13-25)24(36)35-14-26(15-35)10-19(11-26)23-31-22(32-33-23)18-2-3-18/h5-7,17-19H,2-4,8-15H2,1H3,(H,31,32,33). The summed E-state index contributed by atoms with van der Waals surface area (Å²) >= 11 is 0. The fourth-order valence-electron chi connectivity index (χ4n) is 7.49. The molecule has 3 aliphatic carbocycles. The molecule has 2 saturated heterocycles. The number of aromatic nitrogens is 3. The molecule has 3 saturated carbocycles. The summed E-state index contributed by atoms with van der Waals surface area (Å²) in [4.78, 5) is 21.2. The molecule has 39 heavy (non-hydrogen) atoms. The van der Waals surface area contributed by atoms with Crippen LogP contribution in [0.1, 0.15) is 73.1 Å². The Morgan fingerprint density at radius 3 is 2.18 bits per heavy atom. The van der Waals surface area contributed by atoms with Crippen LogP contribution in [0.3, 0.4) is 0 Å². The highest BCUT2D eigenvalue weighted by atomic mass is 32.2. The number of nitrogens with one attached hydrogen (secondary N) is 1. The average Bonchev–Trinajstić information content (AvgIpc) is 3.48. The van der Waals surface area contributed by atoms with Crippen molar-refractivity contribution in [3.8, 4) is 0 Å². The van der Waals surface area contributed by atoms with Gasteiger partial charge in [0.15, 0.2) is 15.7 Å². The number of amides is 2. The van der Waals surface area contributed by atoms with Gasteiger partial charge in [-0.2, -0.15) is 18.3 Å². The van der Waals surface area contributed by atoms with Gasteiger partial charge in [0.25, 0.3) is 0 Å². The van der Waals surface area contributed by atoms with E-state index in [2.05, 4.69) is 15.2 Å². The van der Waals surface area contributed by atoms with Gasteiger partial charge in [-0.25, -0.2) is 18.2 Å². The van der Waals surface area contributed by atoms with Crippen molar-refractivity contribution in [2.24, 2.45) is 16.7 Å². The van der Waals surface area contributed by atoms with E-state index < -0.39 is 21.6 Å². The van der Waals surface area contributed by atoms with Gasteiger partial charge in [-0.1, -0.05) is 0 Å². The van der Waals surface area contributed by atoms with Crippen molar-refractivity contribution in [3.05, 3.63) is 41.0 Å². The summed E-state index contributed by atoms with van der Waals surface area (Å²) in [5.74, 6) is 3.09. The van der Waals surface area contributed by atoms with Gasteiger partial charge in [-0.3, -0.25) is 5.10 Å². The molecule has 1 aromatic heterocycles. The van der Waals surface area contributed by atoms with E-state index in [0.717, 1.165) is 62.7 Å². The molecule has 7 rings (SSSR count). The van der Waals surface area contributed by atoms with Crippen LogP contribution < -0.4 is 0 Å². The van der Waals surface area contributed by atoms with Gasteiger partial charge in [-0.05, 0) is 74.6 Å². The molecule has 1 aromatic carbocycles. The average molecular weight is 564 g/mol. The largest absolute Gasteiger partial charge is 0.416 e. The molecule has 3 heterocycles. The zero-order chi connectivity index (χ0) is 27.4. The van der Waals surface area contributed by atoms with Crippen LogP contribution >= 0.6 is 0 Å². The highest BCUT2D eigenvalue weighted by molar-refractivity contribution is 7.90. The van der Waals surface area contributed by atoms with Crippen molar-refractivity contribution in [1.29, 1.82) is 0 Å². The van der Waals surface area contributed by atoms with Gasteiger partial charge in [0.1, 0.15) is 5.82 Å². The minimum Gasteiger partial charge on any atom is -0.323 e. The van der Waals surface area contributed by atoms with E-state index in [1.165, 1.54) is 18.9 Å². The minimum absolute atomic E-state index is 0.0522. The third kappa shape index (κ3) is 4.52. The summed E-state index contributed by atoms with van der Waals surface area (Å²) in [7, 11) is -3.75. The predicted molar refractivity (Wildman–Crippen MR) is 135 cm³/mol. The van der Waals surface area contributed by atoms with E-state index in [1.54, 1.807) is 0 Å². The Kier molecular flexibility index (Phi) is 5.33. The zero-order valence-corrected chi connectivity index (χ0v) is 22.6. The number of carbonyl (C=O) groups is 1. The summed E-state index contributed by atoms with van der Waals surface area (Å²) in [6.07, 6.45) is 2.86. The lowest BCUT2D eigenvalue weighted by Gasteiger charge is -2.63. The second-order valence-electron chi connectivity index (χ2n) is 13.1. The predicted octanol–water partition coefficient (Wildman–Crippen LogP) is 4.36. The Labute approximate surface area is 225 Å². The molecule has 210 valence electrons. The van der Waals surface area contributed by atoms with E-state index in [9.17, 15) is 26.4 Å². The lowest BCUT2D eigenvalue weighted by molar-refractivity contribution is -0.137. The number of likely N-dealkylation sites (tertiary alicyclic amines) is 2. The lowest BCUT2D eigenvalue weighted by atomic mass is 9.56. The van der Waals surface area contributed by atoms with Crippen LogP contribution in [-0.2, 0) is 22.4 Å². The van der Waals surface area contributed by atoms with E-state index >= 15 is 0 Å². The molecular weight excluding hydrogens is 531 g/mol. The molecule has 2 amide bonds. The van der Waals surface area contributed by atoms with Gasteiger partial charge >= 0.3 is 12.2 Å². The number of rotatable bonds is 5. The monoisotopic (exact) mass is 563 g/mol. The Balaban J connectivity index is 0.881. The summed E-state index contributed by atoms with van der Waals surface area (Å²) in [5.41, 5.74) is -0.267. The third-order valence-electron chi connectivity index (χ3n) is 9.54. The quantitative estimate of drug-likeness (QED) is 0.583. The van der Waals surface area contributed by atoms with E-state index in [4.69, 9.17) is 0 Å². The molecule has 2 spiro atoms. The minimum atomic E-state index is -4.60. The van der Waals surface area contributed by atoms with Crippen molar-refractivity contribution >= 4 is 15.9 Å². The maximum atomic E-state index is 13.3. The molecule has 2 aromatic rings. The summed E-state index contributed by atoms with van der Waals surface area (Å²) in [6, 6.07) is 3.22. The normalized spacial score (nSPS) is 24.3. The number of halogens is 3. The molecule has 12 heteroatoms. The van der Waals surface area contributed by atoms with Crippen molar-refractivity contribution < 1.29 is 26.4 Å². The lowest BCUT2D eigenvalue weighted by Crippen LogP contribution is -2.70. The van der Waals surface area contributed by atoms with Crippen LogP contribution in [-0.4, -0.2) is 71.9 Å². The summed E-state index contributed by atoms with van der Waals surface area (Å²) in [6.45, 7) is 2.94.